The van der Waals surface area contributed by atoms with E-state index < -0.39 is 0 Å². The number of carbonyl (C=O) groups excluding carboxylic acids is 1. The number of hydrogen-bond donors (Lipinski definition) is 1. The van der Waals surface area contributed by atoms with E-state index in [1.165, 1.54) is 5.56 Å². The van der Waals surface area contributed by atoms with E-state index in [4.69, 9.17) is 0 Å². The minimum atomic E-state index is -0.0391. The molecule has 2 aromatic carbocycles. The van der Waals surface area contributed by atoms with E-state index in [0.717, 1.165) is 29.9 Å². The van der Waals surface area contributed by atoms with E-state index in [1.54, 1.807) is 6.20 Å². The Morgan fingerprint density at radius 2 is 1.77 bits per heavy atom. The number of aromatic nitrogens is 2. The van der Waals surface area contributed by atoms with Gasteiger partial charge in [-0.1, -0.05) is 48.9 Å². The minimum Gasteiger partial charge on any atom is -0.345 e. The highest BCUT2D eigenvalue weighted by atomic mass is 16.1. The fourth-order valence-corrected chi connectivity index (χ4v) is 2.99. The van der Waals surface area contributed by atoms with Gasteiger partial charge in [0, 0.05) is 24.5 Å². The van der Waals surface area contributed by atoms with Crippen LogP contribution in [0.5, 0.6) is 0 Å². The molecule has 1 aromatic heterocycles. The third-order valence-corrected chi connectivity index (χ3v) is 4.69. The Kier molecular flexibility index (Phi) is 5.52. The van der Waals surface area contributed by atoms with Gasteiger partial charge in [-0.3, -0.25) is 4.79 Å². The zero-order chi connectivity index (χ0) is 18.5. The van der Waals surface area contributed by atoms with Crippen molar-refractivity contribution in [2.75, 3.05) is 0 Å². The van der Waals surface area contributed by atoms with E-state index in [2.05, 4.69) is 53.0 Å². The second kappa shape index (κ2) is 8.00. The third-order valence-electron chi connectivity index (χ3n) is 4.69. The van der Waals surface area contributed by atoms with Crippen LogP contribution in [0.4, 0.5) is 0 Å². The quantitative estimate of drug-likeness (QED) is 0.717. The fourth-order valence-electron chi connectivity index (χ4n) is 2.99. The van der Waals surface area contributed by atoms with Crippen molar-refractivity contribution in [3.8, 4) is 0 Å². The number of nitrogens with zero attached hydrogens (tertiary/aromatic N) is 2. The van der Waals surface area contributed by atoms with Crippen molar-refractivity contribution < 1.29 is 4.79 Å². The summed E-state index contributed by atoms with van der Waals surface area (Å²) in [6.07, 6.45) is 4.61. The van der Waals surface area contributed by atoms with Gasteiger partial charge in [0.1, 0.15) is 5.82 Å². The molecule has 3 aromatic rings. The maximum Gasteiger partial charge on any atom is 0.251 e. The van der Waals surface area contributed by atoms with Crippen LogP contribution in [-0.2, 0) is 6.54 Å². The summed E-state index contributed by atoms with van der Waals surface area (Å²) in [6.45, 7) is 6.89. The lowest BCUT2D eigenvalue weighted by molar-refractivity contribution is 0.0935. The average Bonchev–Trinajstić information content (AvgIpc) is 3.05. The van der Waals surface area contributed by atoms with E-state index in [0.29, 0.717) is 5.56 Å². The summed E-state index contributed by atoms with van der Waals surface area (Å²) in [7, 11) is 0. The predicted molar refractivity (Wildman–Crippen MR) is 104 cm³/mol. The molecule has 0 bridgehead atoms. The number of rotatable bonds is 6. The maximum atomic E-state index is 12.6. The first-order valence-corrected chi connectivity index (χ1v) is 9.01. The molecule has 0 unspecified atom stereocenters. The highest BCUT2D eigenvalue weighted by Gasteiger charge is 2.14. The summed E-state index contributed by atoms with van der Waals surface area (Å²) >= 11 is 0. The standard InChI is InChI=1S/C22H25N3O/c1-4-21(19-9-5-16(2)6-10-19)24-22(26)20-11-7-18(8-12-20)15-25-14-13-23-17(25)3/h5-14,21H,4,15H2,1-3H3,(H,24,26)/t21-/m1/s1. The zero-order valence-corrected chi connectivity index (χ0v) is 15.6. The van der Waals surface area contributed by atoms with E-state index in [9.17, 15) is 4.79 Å². The molecule has 134 valence electrons. The Hall–Kier alpha value is -2.88. The Morgan fingerprint density at radius 3 is 2.35 bits per heavy atom. The molecule has 3 rings (SSSR count). The molecular weight excluding hydrogens is 322 g/mol. The lowest BCUT2D eigenvalue weighted by Crippen LogP contribution is -2.28. The molecule has 0 radical (unpaired) electrons. The van der Waals surface area contributed by atoms with Crippen LogP contribution in [0.2, 0.25) is 0 Å². The number of benzene rings is 2. The van der Waals surface area contributed by atoms with Gasteiger partial charge in [0.15, 0.2) is 0 Å². The van der Waals surface area contributed by atoms with Crippen molar-refractivity contribution in [1.82, 2.24) is 14.9 Å². The first-order valence-electron chi connectivity index (χ1n) is 9.01. The Labute approximate surface area is 154 Å². The van der Waals surface area contributed by atoms with Crippen molar-refractivity contribution in [2.24, 2.45) is 0 Å². The largest absolute Gasteiger partial charge is 0.345 e. The van der Waals surface area contributed by atoms with Gasteiger partial charge >= 0.3 is 0 Å². The smallest absolute Gasteiger partial charge is 0.251 e. The third kappa shape index (κ3) is 4.20. The van der Waals surface area contributed by atoms with Crippen LogP contribution in [0.3, 0.4) is 0 Å². The Morgan fingerprint density at radius 1 is 1.08 bits per heavy atom. The predicted octanol–water partition coefficient (Wildman–Crippen LogP) is 4.43. The molecule has 4 heteroatoms. The van der Waals surface area contributed by atoms with Gasteiger partial charge in [-0.15, -0.1) is 0 Å². The van der Waals surface area contributed by atoms with Crippen LogP contribution in [0, 0.1) is 13.8 Å². The van der Waals surface area contributed by atoms with Crippen molar-refractivity contribution in [1.29, 1.82) is 0 Å². The molecule has 26 heavy (non-hydrogen) atoms. The topological polar surface area (TPSA) is 46.9 Å². The number of amides is 1. The average molecular weight is 347 g/mol. The molecule has 0 aliphatic heterocycles. The highest BCUT2D eigenvalue weighted by Crippen LogP contribution is 2.18. The molecule has 1 heterocycles. The van der Waals surface area contributed by atoms with Crippen molar-refractivity contribution >= 4 is 5.91 Å². The van der Waals surface area contributed by atoms with Gasteiger partial charge in [-0.05, 0) is 43.5 Å². The normalized spacial score (nSPS) is 12.0. The molecule has 1 atom stereocenters. The van der Waals surface area contributed by atoms with Crippen LogP contribution < -0.4 is 5.32 Å². The molecular formula is C22H25N3O. The number of carbonyl (C=O) groups is 1. The Bertz CT molecular complexity index is 863. The summed E-state index contributed by atoms with van der Waals surface area (Å²) in [5.74, 6) is 0.943. The number of imidazole rings is 1. The summed E-state index contributed by atoms with van der Waals surface area (Å²) in [4.78, 5) is 16.8. The molecule has 0 saturated carbocycles. The lowest BCUT2D eigenvalue weighted by atomic mass is 10.0. The summed E-state index contributed by atoms with van der Waals surface area (Å²) in [5, 5.41) is 3.14. The van der Waals surface area contributed by atoms with Crippen LogP contribution in [0.15, 0.2) is 60.9 Å². The van der Waals surface area contributed by atoms with Gasteiger partial charge in [-0.2, -0.15) is 0 Å². The second-order valence-corrected chi connectivity index (χ2v) is 6.64. The molecule has 1 amide bonds. The van der Waals surface area contributed by atoms with E-state index >= 15 is 0 Å². The number of aryl methyl sites for hydroxylation is 2. The Balaban J connectivity index is 1.67. The monoisotopic (exact) mass is 347 g/mol. The van der Waals surface area contributed by atoms with Gasteiger partial charge in [0.25, 0.3) is 5.91 Å². The highest BCUT2D eigenvalue weighted by molar-refractivity contribution is 5.94. The van der Waals surface area contributed by atoms with E-state index in [1.807, 2.05) is 37.4 Å². The van der Waals surface area contributed by atoms with Crippen LogP contribution in [-0.4, -0.2) is 15.5 Å². The van der Waals surface area contributed by atoms with Gasteiger partial charge in [-0.25, -0.2) is 4.98 Å². The minimum absolute atomic E-state index is 0.0244. The first kappa shape index (κ1) is 17.9. The lowest BCUT2D eigenvalue weighted by Gasteiger charge is -2.18. The number of nitrogens with one attached hydrogen (secondary N) is 1. The maximum absolute atomic E-state index is 12.6. The molecule has 0 fully saturated rings. The van der Waals surface area contributed by atoms with Gasteiger partial charge in [0.2, 0.25) is 0 Å². The van der Waals surface area contributed by atoms with E-state index in [-0.39, 0.29) is 11.9 Å². The summed E-state index contributed by atoms with van der Waals surface area (Å²) in [6, 6.07) is 16.1. The van der Waals surface area contributed by atoms with Crippen molar-refractivity contribution in [3.63, 3.8) is 0 Å². The molecule has 0 spiro atoms. The molecule has 0 aliphatic rings. The van der Waals surface area contributed by atoms with Crippen molar-refractivity contribution in [3.05, 3.63) is 89.0 Å². The molecule has 4 nitrogen and oxygen atoms in total. The fraction of sp³-hybridized carbons (Fsp3) is 0.273. The SMILES string of the molecule is CC[C@@H](NC(=O)c1ccc(Cn2ccnc2C)cc1)c1ccc(C)cc1. The van der Waals surface area contributed by atoms with Crippen LogP contribution in [0.25, 0.3) is 0 Å². The molecule has 0 aliphatic carbocycles. The molecule has 1 N–H and O–H groups in total. The zero-order valence-electron chi connectivity index (χ0n) is 15.6. The van der Waals surface area contributed by atoms with Gasteiger partial charge < -0.3 is 9.88 Å². The van der Waals surface area contributed by atoms with Crippen LogP contribution in [0.1, 0.15) is 52.3 Å². The van der Waals surface area contributed by atoms with Crippen LogP contribution >= 0.6 is 0 Å². The molecule has 0 saturated heterocycles. The number of hydrogen-bond acceptors (Lipinski definition) is 2. The summed E-state index contributed by atoms with van der Waals surface area (Å²) < 4.78 is 2.08. The first-order chi connectivity index (χ1) is 12.6. The second-order valence-electron chi connectivity index (χ2n) is 6.64. The van der Waals surface area contributed by atoms with Gasteiger partial charge in [0.05, 0.1) is 6.04 Å². The summed E-state index contributed by atoms with van der Waals surface area (Å²) in [5.41, 5.74) is 4.19. The van der Waals surface area contributed by atoms with Crippen molar-refractivity contribution in [2.45, 2.75) is 39.8 Å².